The second kappa shape index (κ2) is 33.1. The highest BCUT2D eigenvalue weighted by Gasteiger charge is 2.22. The van der Waals surface area contributed by atoms with E-state index in [0.29, 0.717) is 13.1 Å². The Kier molecular flexibility index (Phi) is 31.3. The SMILES string of the molecule is CCCCCCCCCCCCN(CCCCCCCCCCCC)C(=O)CN(CCN(CCN(CC(=O)O)CC(=O)O)CC(=O)O)CC(=O)O. The summed E-state index contributed by atoms with van der Waals surface area (Å²) in [6.45, 7) is 4.05. The van der Waals surface area contributed by atoms with Crippen LogP contribution in [0.3, 0.4) is 0 Å². The van der Waals surface area contributed by atoms with E-state index in [0.717, 1.165) is 38.5 Å². The van der Waals surface area contributed by atoms with Crippen molar-refractivity contribution in [3.05, 3.63) is 0 Å². The maximum absolute atomic E-state index is 13.6. The van der Waals surface area contributed by atoms with Gasteiger partial charge in [0.05, 0.1) is 32.7 Å². The molecule has 0 rings (SSSR count). The van der Waals surface area contributed by atoms with E-state index in [-0.39, 0.29) is 45.2 Å². The number of unbranched alkanes of at least 4 members (excludes halogenated alkanes) is 18. The molecular formula is C38H72N4O9. The van der Waals surface area contributed by atoms with Gasteiger partial charge in [0.25, 0.3) is 0 Å². The first-order valence-corrected chi connectivity index (χ1v) is 19.8. The van der Waals surface area contributed by atoms with E-state index in [2.05, 4.69) is 13.8 Å². The van der Waals surface area contributed by atoms with E-state index in [9.17, 15) is 34.2 Å². The number of aliphatic carboxylic acids is 4. The number of amides is 1. The van der Waals surface area contributed by atoms with E-state index < -0.39 is 43.5 Å². The number of carbonyl (C=O) groups is 5. The van der Waals surface area contributed by atoms with E-state index in [4.69, 9.17) is 10.2 Å². The molecule has 298 valence electrons. The molecule has 0 aromatic heterocycles. The molecular weight excluding hydrogens is 656 g/mol. The van der Waals surface area contributed by atoms with Crippen LogP contribution in [0.2, 0.25) is 0 Å². The van der Waals surface area contributed by atoms with Crippen LogP contribution in [0.25, 0.3) is 0 Å². The normalized spacial score (nSPS) is 11.5. The molecule has 0 aromatic rings. The number of nitrogens with zero attached hydrogens (tertiary/aromatic N) is 4. The second-order valence-electron chi connectivity index (χ2n) is 14.0. The molecule has 4 N–H and O–H groups in total. The Bertz CT molecular complexity index is 897. The van der Waals surface area contributed by atoms with Gasteiger partial charge in [0.15, 0.2) is 0 Å². The van der Waals surface area contributed by atoms with Crippen LogP contribution in [0, 0.1) is 0 Å². The lowest BCUT2D eigenvalue weighted by atomic mass is 10.1. The minimum absolute atomic E-state index is 0.00473. The first kappa shape index (κ1) is 48.2. The summed E-state index contributed by atoms with van der Waals surface area (Å²) in [5.41, 5.74) is 0. The van der Waals surface area contributed by atoms with Crippen molar-refractivity contribution in [3.63, 3.8) is 0 Å². The molecule has 0 fully saturated rings. The highest BCUT2D eigenvalue weighted by molar-refractivity contribution is 5.79. The first-order chi connectivity index (χ1) is 24.5. The summed E-state index contributed by atoms with van der Waals surface area (Å²) in [6, 6.07) is 0. The van der Waals surface area contributed by atoms with Crippen molar-refractivity contribution in [1.82, 2.24) is 19.6 Å². The van der Waals surface area contributed by atoms with Gasteiger partial charge in [-0.3, -0.25) is 38.7 Å². The van der Waals surface area contributed by atoms with Gasteiger partial charge in [-0.2, -0.15) is 0 Å². The van der Waals surface area contributed by atoms with Gasteiger partial charge in [-0.25, -0.2) is 0 Å². The Morgan fingerprint density at radius 1 is 0.333 bits per heavy atom. The molecule has 0 aliphatic heterocycles. The van der Waals surface area contributed by atoms with Crippen molar-refractivity contribution in [2.45, 2.75) is 142 Å². The van der Waals surface area contributed by atoms with Gasteiger partial charge in [-0.15, -0.1) is 0 Å². The van der Waals surface area contributed by atoms with Gasteiger partial charge in [0.2, 0.25) is 5.91 Å². The lowest BCUT2D eigenvalue weighted by molar-refractivity contribution is -0.143. The number of hydrogen-bond donors (Lipinski definition) is 4. The number of hydrogen-bond acceptors (Lipinski definition) is 8. The molecule has 0 radical (unpaired) electrons. The summed E-state index contributed by atoms with van der Waals surface area (Å²) < 4.78 is 0. The molecule has 0 aromatic carbocycles. The zero-order valence-electron chi connectivity index (χ0n) is 32.0. The van der Waals surface area contributed by atoms with Crippen LogP contribution in [0.15, 0.2) is 0 Å². The van der Waals surface area contributed by atoms with Gasteiger partial charge in [-0.1, -0.05) is 129 Å². The fraction of sp³-hybridized carbons (Fsp3) is 0.868. The van der Waals surface area contributed by atoms with Gasteiger partial charge in [0, 0.05) is 39.3 Å². The predicted molar refractivity (Wildman–Crippen MR) is 200 cm³/mol. The molecule has 0 saturated carbocycles. The fourth-order valence-corrected chi connectivity index (χ4v) is 6.26. The topological polar surface area (TPSA) is 179 Å². The average Bonchev–Trinajstić information content (AvgIpc) is 3.05. The first-order valence-electron chi connectivity index (χ1n) is 19.8. The Morgan fingerprint density at radius 2 is 0.588 bits per heavy atom. The minimum Gasteiger partial charge on any atom is -0.480 e. The minimum atomic E-state index is -1.20. The fourth-order valence-electron chi connectivity index (χ4n) is 6.26. The molecule has 51 heavy (non-hydrogen) atoms. The Morgan fingerprint density at radius 3 is 0.902 bits per heavy atom. The Labute approximate surface area is 307 Å². The summed E-state index contributed by atoms with van der Waals surface area (Å²) in [5.74, 6) is -4.77. The van der Waals surface area contributed by atoms with E-state index in [1.165, 1.54) is 105 Å². The Hall–Kier alpha value is -2.77. The molecule has 1 amide bonds. The molecule has 0 unspecified atom stereocenters. The highest BCUT2D eigenvalue weighted by Crippen LogP contribution is 2.13. The monoisotopic (exact) mass is 729 g/mol. The van der Waals surface area contributed by atoms with E-state index >= 15 is 0 Å². The Balaban J connectivity index is 5.23. The van der Waals surface area contributed by atoms with Crippen molar-refractivity contribution in [2.75, 3.05) is 72.0 Å². The van der Waals surface area contributed by atoms with Crippen LogP contribution in [-0.2, 0) is 24.0 Å². The number of carboxylic acid groups (broad SMARTS) is 4. The molecule has 0 heterocycles. The van der Waals surface area contributed by atoms with Crippen molar-refractivity contribution >= 4 is 29.8 Å². The third-order valence-corrected chi connectivity index (χ3v) is 9.18. The molecule has 0 bridgehead atoms. The quantitative estimate of drug-likeness (QED) is 0.0554. The summed E-state index contributed by atoms with van der Waals surface area (Å²) in [7, 11) is 0. The molecule has 0 aliphatic rings. The zero-order valence-corrected chi connectivity index (χ0v) is 32.0. The van der Waals surface area contributed by atoms with Crippen LogP contribution in [-0.4, -0.2) is 142 Å². The van der Waals surface area contributed by atoms with Crippen molar-refractivity contribution < 1.29 is 44.4 Å². The van der Waals surface area contributed by atoms with Crippen molar-refractivity contribution in [3.8, 4) is 0 Å². The van der Waals surface area contributed by atoms with Crippen LogP contribution in [0.1, 0.15) is 142 Å². The highest BCUT2D eigenvalue weighted by atomic mass is 16.4. The average molecular weight is 729 g/mol. The molecule has 0 saturated heterocycles. The molecule has 0 aliphatic carbocycles. The molecule has 13 heteroatoms. The van der Waals surface area contributed by atoms with Crippen LogP contribution in [0.5, 0.6) is 0 Å². The van der Waals surface area contributed by atoms with Crippen LogP contribution < -0.4 is 0 Å². The maximum Gasteiger partial charge on any atom is 0.317 e. The van der Waals surface area contributed by atoms with Crippen LogP contribution >= 0.6 is 0 Å². The predicted octanol–water partition coefficient (Wildman–Crippen LogP) is 5.90. The van der Waals surface area contributed by atoms with E-state index in [1.54, 1.807) is 0 Å². The third-order valence-electron chi connectivity index (χ3n) is 9.18. The number of rotatable bonds is 38. The van der Waals surface area contributed by atoms with Gasteiger partial charge >= 0.3 is 23.9 Å². The van der Waals surface area contributed by atoms with Crippen LogP contribution in [0.4, 0.5) is 0 Å². The lowest BCUT2D eigenvalue weighted by Crippen LogP contribution is -2.47. The summed E-state index contributed by atoms with van der Waals surface area (Å²) in [5, 5.41) is 37.3. The molecule has 13 nitrogen and oxygen atoms in total. The second-order valence-corrected chi connectivity index (χ2v) is 14.0. The molecule has 0 spiro atoms. The smallest absolute Gasteiger partial charge is 0.317 e. The lowest BCUT2D eigenvalue weighted by Gasteiger charge is -2.29. The number of carbonyl (C=O) groups excluding carboxylic acids is 1. The van der Waals surface area contributed by atoms with E-state index in [1.807, 2.05) is 4.90 Å². The van der Waals surface area contributed by atoms with Gasteiger partial charge in [-0.05, 0) is 12.8 Å². The summed E-state index contributed by atoms with van der Waals surface area (Å²) >= 11 is 0. The van der Waals surface area contributed by atoms with Gasteiger partial charge in [0.1, 0.15) is 0 Å². The maximum atomic E-state index is 13.6. The summed E-state index contributed by atoms with van der Waals surface area (Å²) in [4.78, 5) is 65.4. The number of carboxylic acids is 4. The molecule has 0 atom stereocenters. The third kappa shape index (κ3) is 31.7. The van der Waals surface area contributed by atoms with Gasteiger partial charge < -0.3 is 25.3 Å². The zero-order chi connectivity index (χ0) is 38.1. The van der Waals surface area contributed by atoms with Crippen molar-refractivity contribution in [2.24, 2.45) is 0 Å². The van der Waals surface area contributed by atoms with Crippen molar-refractivity contribution in [1.29, 1.82) is 0 Å². The standard InChI is InChI=1S/C38H72N4O9/c1-3-5-7-9-11-13-15-17-19-21-23-42(24-22-20-18-16-14-12-10-8-6-4-2)34(43)29-40(31-36(46)47)27-25-39(30-35(44)45)26-28-41(32-37(48)49)33-38(50)51/h3-33H2,1-2H3,(H,44,45)(H,46,47)(H,48,49)(H,50,51). The largest absolute Gasteiger partial charge is 0.480 e. The summed E-state index contributed by atoms with van der Waals surface area (Å²) in [6.07, 6.45) is 23.9.